The molecule has 2 aliphatic heterocycles. The number of nitrogens with zero attached hydrogens (tertiary/aromatic N) is 6. The van der Waals surface area contributed by atoms with Gasteiger partial charge in [-0.2, -0.15) is 0 Å². The first-order valence-electron chi connectivity index (χ1n) is 12.2. The van der Waals surface area contributed by atoms with Gasteiger partial charge in [-0.1, -0.05) is 17.8 Å². The van der Waals surface area contributed by atoms with E-state index in [1.807, 2.05) is 34.1 Å². The minimum absolute atomic E-state index is 0.00760. The SMILES string of the molecule is CSc1ncc(C(=O)N2CCCC(CN3CCN(c4ccccn4)CC3)C2)n1-c1ccc(F)cc1. The highest BCUT2D eigenvalue weighted by atomic mass is 32.2. The normalized spacial score (nSPS) is 19.2. The summed E-state index contributed by atoms with van der Waals surface area (Å²) in [4.78, 5) is 29.4. The third-order valence-electron chi connectivity index (χ3n) is 6.88. The molecule has 2 aliphatic rings. The van der Waals surface area contributed by atoms with Crippen molar-refractivity contribution in [3.63, 3.8) is 0 Å². The van der Waals surface area contributed by atoms with Crippen LogP contribution in [0.1, 0.15) is 23.3 Å². The molecule has 184 valence electrons. The molecule has 3 aromatic rings. The highest BCUT2D eigenvalue weighted by Gasteiger charge is 2.29. The molecule has 4 heterocycles. The Labute approximate surface area is 210 Å². The Kier molecular flexibility index (Phi) is 7.34. The van der Waals surface area contributed by atoms with Gasteiger partial charge in [-0.05, 0) is 61.4 Å². The maximum atomic E-state index is 13.6. The van der Waals surface area contributed by atoms with Gasteiger partial charge >= 0.3 is 0 Å². The predicted molar refractivity (Wildman–Crippen MR) is 137 cm³/mol. The smallest absolute Gasteiger partial charge is 0.272 e. The van der Waals surface area contributed by atoms with Crippen LogP contribution in [0, 0.1) is 11.7 Å². The Morgan fingerprint density at radius 2 is 1.86 bits per heavy atom. The van der Waals surface area contributed by atoms with E-state index in [0.717, 1.165) is 75.3 Å². The fraction of sp³-hybridized carbons (Fsp3) is 0.423. The van der Waals surface area contributed by atoms with Crippen molar-refractivity contribution >= 4 is 23.5 Å². The zero-order valence-corrected chi connectivity index (χ0v) is 20.8. The van der Waals surface area contributed by atoms with Crippen molar-refractivity contribution in [2.24, 2.45) is 5.92 Å². The Balaban J connectivity index is 1.22. The Hall–Kier alpha value is -2.91. The number of carbonyl (C=O) groups excluding carboxylic acids is 1. The van der Waals surface area contributed by atoms with Gasteiger partial charge < -0.3 is 9.80 Å². The highest BCUT2D eigenvalue weighted by molar-refractivity contribution is 7.98. The number of halogens is 1. The fourth-order valence-corrected chi connectivity index (χ4v) is 5.64. The molecule has 7 nitrogen and oxygen atoms in total. The number of carbonyl (C=O) groups is 1. The van der Waals surface area contributed by atoms with E-state index in [0.29, 0.717) is 11.6 Å². The largest absolute Gasteiger partial charge is 0.354 e. The number of pyridine rings is 1. The molecule has 0 saturated carbocycles. The van der Waals surface area contributed by atoms with Crippen molar-refractivity contribution in [3.8, 4) is 5.69 Å². The number of aromatic nitrogens is 3. The number of hydrogen-bond acceptors (Lipinski definition) is 6. The number of thioether (sulfide) groups is 1. The predicted octanol–water partition coefficient (Wildman–Crippen LogP) is 3.80. The number of anilines is 1. The van der Waals surface area contributed by atoms with E-state index >= 15 is 0 Å². The number of amides is 1. The number of hydrogen-bond donors (Lipinski definition) is 0. The lowest BCUT2D eigenvalue weighted by molar-refractivity contribution is 0.0628. The minimum atomic E-state index is -0.299. The molecule has 2 fully saturated rings. The average molecular weight is 495 g/mol. The molecule has 0 spiro atoms. The summed E-state index contributed by atoms with van der Waals surface area (Å²) in [6.45, 7) is 6.48. The van der Waals surface area contributed by atoms with Crippen molar-refractivity contribution in [2.45, 2.75) is 18.0 Å². The third kappa shape index (κ3) is 5.36. The number of benzene rings is 1. The Bertz CT molecular complexity index is 1130. The van der Waals surface area contributed by atoms with Gasteiger partial charge in [-0.3, -0.25) is 14.3 Å². The third-order valence-corrected chi connectivity index (χ3v) is 7.54. The zero-order chi connectivity index (χ0) is 24.2. The molecule has 1 aromatic carbocycles. The number of piperidine rings is 1. The molecule has 1 amide bonds. The van der Waals surface area contributed by atoms with Crippen LogP contribution in [0.15, 0.2) is 60.0 Å². The van der Waals surface area contributed by atoms with Crippen LogP contribution in [0.5, 0.6) is 0 Å². The van der Waals surface area contributed by atoms with Gasteiger partial charge in [0.05, 0.1) is 6.20 Å². The molecular weight excluding hydrogens is 463 g/mol. The summed E-state index contributed by atoms with van der Waals surface area (Å²) in [5.74, 6) is 1.19. The van der Waals surface area contributed by atoms with E-state index in [-0.39, 0.29) is 11.7 Å². The molecule has 0 aliphatic carbocycles. The number of rotatable bonds is 6. The minimum Gasteiger partial charge on any atom is -0.354 e. The molecule has 2 aromatic heterocycles. The molecule has 9 heteroatoms. The lowest BCUT2D eigenvalue weighted by Crippen LogP contribution is -2.50. The van der Waals surface area contributed by atoms with Gasteiger partial charge in [0, 0.05) is 57.7 Å². The second-order valence-corrected chi connectivity index (χ2v) is 9.95. The quantitative estimate of drug-likeness (QED) is 0.486. The van der Waals surface area contributed by atoms with Crippen LogP contribution in [0.25, 0.3) is 5.69 Å². The molecule has 5 rings (SSSR count). The van der Waals surface area contributed by atoms with E-state index in [4.69, 9.17) is 0 Å². The molecule has 0 N–H and O–H groups in total. The number of likely N-dealkylation sites (tertiary alicyclic amines) is 1. The number of piperazine rings is 1. The van der Waals surface area contributed by atoms with Gasteiger partial charge in [0.25, 0.3) is 5.91 Å². The van der Waals surface area contributed by atoms with Crippen molar-refractivity contribution in [1.29, 1.82) is 0 Å². The van der Waals surface area contributed by atoms with E-state index in [2.05, 4.69) is 25.8 Å². The number of imidazole rings is 1. The van der Waals surface area contributed by atoms with Crippen molar-refractivity contribution in [2.75, 3.05) is 57.0 Å². The van der Waals surface area contributed by atoms with Crippen LogP contribution in [0.3, 0.4) is 0 Å². The molecule has 2 saturated heterocycles. The summed E-state index contributed by atoms with van der Waals surface area (Å²) in [6, 6.07) is 12.3. The van der Waals surface area contributed by atoms with E-state index < -0.39 is 0 Å². The van der Waals surface area contributed by atoms with Gasteiger partial charge in [-0.25, -0.2) is 14.4 Å². The van der Waals surface area contributed by atoms with E-state index in [9.17, 15) is 9.18 Å². The highest BCUT2D eigenvalue weighted by Crippen LogP contribution is 2.26. The fourth-order valence-electron chi connectivity index (χ4n) is 5.10. The summed E-state index contributed by atoms with van der Waals surface area (Å²) < 4.78 is 15.3. The molecular formula is C26H31FN6OS. The molecule has 0 radical (unpaired) electrons. The monoisotopic (exact) mass is 494 g/mol. The van der Waals surface area contributed by atoms with Crippen molar-refractivity contribution < 1.29 is 9.18 Å². The van der Waals surface area contributed by atoms with E-state index in [1.165, 1.54) is 23.9 Å². The van der Waals surface area contributed by atoms with Gasteiger partial charge in [0.2, 0.25) is 0 Å². The maximum Gasteiger partial charge on any atom is 0.272 e. The first kappa shape index (κ1) is 23.8. The Morgan fingerprint density at radius 3 is 2.57 bits per heavy atom. The molecule has 1 atom stereocenters. The van der Waals surface area contributed by atoms with E-state index in [1.54, 1.807) is 18.3 Å². The first-order valence-corrected chi connectivity index (χ1v) is 13.4. The van der Waals surface area contributed by atoms with Crippen LogP contribution < -0.4 is 4.90 Å². The second kappa shape index (κ2) is 10.8. The maximum absolute atomic E-state index is 13.6. The molecule has 1 unspecified atom stereocenters. The second-order valence-electron chi connectivity index (χ2n) is 9.18. The topological polar surface area (TPSA) is 57.5 Å². The summed E-state index contributed by atoms with van der Waals surface area (Å²) >= 11 is 1.47. The Morgan fingerprint density at radius 1 is 1.06 bits per heavy atom. The summed E-state index contributed by atoms with van der Waals surface area (Å²) in [5.41, 5.74) is 1.28. The van der Waals surface area contributed by atoms with Gasteiger partial charge in [-0.15, -0.1) is 0 Å². The zero-order valence-electron chi connectivity index (χ0n) is 20.0. The average Bonchev–Trinajstić information content (AvgIpc) is 3.34. The summed E-state index contributed by atoms with van der Waals surface area (Å²) in [7, 11) is 0. The summed E-state index contributed by atoms with van der Waals surface area (Å²) in [5, 5.41) is 0.722. The lowest BCUT2D eigenvalue weighted by atomic mass is 9.96. The van der Waals surface area contributed by atoms with Gasteiger partial charge in [0.15, 0.2) is 5.16 Å². The van der Waals surface area contributed by atoms with Crippen LogP contribution >= 0.6 is 11.8 Å². The van der Waals surface area contributed by atoms with Crippen molar-refractivity contribution in [3.05, 3.63) is 66.4 Å². The van der Waals surface area contributed by atoms with Crippen LogP contribution in [0.4, 0.5) is 10.2 Å². The van der Waals surface area contributed by atoms with Crippen LogP contribution in [-0.2, 0) is 0 Å². The standard InChI is InChI=1S/C26H31FN6OS/c1-35-26-29-17-23(33(26)22-9-7-21(27)8-10-22)25(34)32-12-4-5-20(19-32)18-30-13-15-31(16-14-30)24-6-2-3-11-28-24/h2-3,6-11,17,20H,4-5,12-16,18-19H2,1H3. The summed E-state index contributed by atoms with van der Waals surface area (Å²) in [6.07, 6.45) is 7.57. The first-order chi connectivity index (χ1) is 17.1. The molecule has 35 heavy (non-hydrogen) atoms. The van der Waals surface area contributed by atoms with Crippen LogP contribution in [0.2, 0.25) is 0 Å². The molecule has 0 bridgehead atoms. The van der Waals surface area contributed by atoms with Crippen LogP contribution in [-0.4, -0.2) is 82.3 Å². The van der Waals surface area contributed by atoms with Gasteiger partial charge in [0.1, 0.15) is 17.3 Å². The van der Waals surface area contributed by atoms with Crippen molar-refractivity contribution in [1.82, 2.24) is 24.3 Å². The lowest BCUT2D eigenvalue weighted by Gasteiger charge is -2.39.